The van der Waals surface area contributed by atoms with E-state index in [4.69, 9.17) is 18.9 Å². The zero-order valence-electron chi connectivity index (χ0n) is 26.1. The molecule has 0 saturated carbocycles. The number of aliphatic hydroxyl groups excluding tert-OH is 4. The molecular weight excluding hydrogens is 528 g/mol. The summed E-state index contributed by atoms with van der Waals surface area (Å²) < 4.78 is 22.4. The topological polar surface area (TPSA) is 135 Å². The average Bonchev–Trinajstić information content (AvgIpc) is 2.97. The molecular formula is C32H62O9. The van der Waals surface area contributed by atoms with Gasteiger partial charge < -0.3 is 39.4 Å². The van der Waals surface area contributed by atoms with Gasteiger partial charge in [-0.2, -0.15) is 0 Å². The Kier molecular flexibility index (Phi) is 23.9. The predicted molar refractivity (Wildman–Crippen MR) is 159 cm³/mol. The summed E-state index contributed by atoms with van der Waals surface area (Å²) in [6.07, 6.45) is 14.7. The van der Waals surface area contributed by atoms with E-state index in [1.807, 2.05) is 0 Å². The smallest absolute Gasteiger partial charge is 0.306 e. The van der Waals surface area contributed by atoms with Gasteiger partial charge in [0.2, 0.25) is 0 Å². The van der Waals surface area contributed by atoms with Gasteiger partial charge in [0.15, 0.2) is 6.29 Å². The van der Waals surface area contributed by atoms with Crippen molar-refractivity contribution in [2.75, 3.05) is 26.4 Å². The van der Waals surface area contributed by atoms with Gasteiger partial charge in [-0.05, 0) is 12.8 Å². The molecule has 0 amide bonds. The molecule has 244 valence electrons. The molecule has 9 heteroatoms. The van der Waals surface area contributed by atoms with E-state index in [1.54, 1.807) is 0 Å². The first-order chi connectivity index (χ1) is 19.9. The Bertz CT molecular complexity index is 604. The van der Waals surface area contributed by atoms with Gasteiger partial charge in [0.25, 0.3) is 0 Å². The standard InChI is InChI=1S/C32H62O9/c1-3-5-7-9-10-11-12-13-14-15-16-17-18-20-22-38-24-26(40-28(34)21-19-8-6-4-2)25-39-32-31(37)30(36)29(35)27(23-33)41-32/h26-27,29-33,35-37H,3-25H2,1-2H3. The van der Waals surface area contributed by atoms with E-state index in [0.29, 0.717) is 13.0 Å². The van der Waals surface area contributed by atoms with Crippen molar-refractivity contribution in [3.8, 4) is 0 Å². The van der Waals surface area contributed by atoms with Gasteiger partial charge in [-0.1, -0.05) is 117 Å². The second kappa shape index (κ2) is 25.7. The van der Waals surface area contributed by atoms with E-state index >= 15 is 0 Å². The summed E-state index contributed by atoms with van der Waals surface area (Å²) in [6, 6.07) is 0. The molecule has 6 atom stereocenters. The highest BCUT2D eigenvalue weighted by Crippen LogP contribution is 2.22. The monoisotopic (exact) mass is 590 g/mol. The minimum atomic E-state index is -1.53. The molecule has 9 nitrogen and oxygen atoms in total. The third-order valence-electron chi connectivity index (χ3n) is 7.77. The lowest BCUT2D eigenvalue weighted by Gasteiger charge is -2.39. The van der Waals surface area contributed by atoms with Crippen LogP contribution in [0.15, 0.2) is 0 Å². The molecule has 0 aliphatic carbocycles. The van der Waals surface area contributed by atoms with Gasteiger partial charge in [-0.25, -0.2) is 0 Å². The largest absolute Gasteiger partial charge is 0.457 e. The fraction of sp³-hybridized carbons (Fsp3) is 0.969. The van der Waals surface area contributed by atoms with Crippen molar-refractivity contribution in [3.63, 3.8) is 0 Å². The van der Waals surface area contributed by atoms with Crippen molar-refractivity contribution in [1.29, 1.82) is 0 Å². The molecule has 4 N–H and O–H groups in total. The lowest BCUT2D eigenvalue weighted by molar-refractivity contribution is -0.305. The predicted octanol–water partition coefficient (Wildman–Crippen LogP) is 5.18. The van der Waals surface area contributed by atoms with Crippen molar-refractivity contribution in [2.24, 2.45) is 0 Å². The number of carbonyl (C=O) groups is 1. The van der Waals surface area contributed by atoms with Crippen molar-refractivity contribution >= 4 is 5.97 Å². The fourth-order valence-corrected chi connectivity index (χ4v) is 5.08. The van der Waals surface area contributed by atoms with Crippen LogP contribution in [0.5, 0.6) is 0 Å². The molecule has 0 aromatic rings. The normalized spacial score (nSPS) is 23.5. The summed E-state index contributed by atoms with van der Waals surface area (Å²) in [5.41, 5.74) is 0. The summed E-state index contributed by atoms with van der Waals surface area (Å²) >= 11 is 0. The zero-order chi connectivity index (χ0) is 30.1. The molecule has 41 heavy (non-hydrogen) atoms. The molecule has 1 saturated heterocycles. The summed E-state index contributed by atoms with van der Waals surface area (Å²) in [5, 5.41) is 39.6. The number of hydrogen-bond acceptors (Lipinski definition) is 9. The van der Waals surface area contributed by atoms with Crippen LogP contribution in [0.3, 0.4) is 0 Å². The number of aliphatic hydroxyl groups is 4. The molecule has 1 rings (SSSR count). The maximum Gasteiger partial charge on any atom is 0.306 e. The third kappa shape index (κ3) is 18.5. The Hall–Kier alpha value is -0.810. The Morgan fingerprint density at radius 2 is 1.20 bits per heavy atom. The first-order valence-electron chi connectivity index (χ1n) is 16.6. The van der Waals surface area contributed by atoms with Crippen molar-refractivity contribution in [3.05, 3.63) is 0 Å². The third-order valence-corrected chi connectivity index (χ3v) is 7.77. The summed E-state index contributed by atoms with van der Waals surface area (Å²) in [6.45, 7) is 4.43. The van der Waals surface area contributed by atoms with Crippen LogP contribution >= 0.6 is 0 Å². The molecule has 1 heterocycles. The van der Waals surface area contributed by atoms with E-state index in [1.165, 1.54) is 77.0 Å². The molecule has 0 bridgehead atoms. The number of hydrogen-bond donors (Lipinski definition) is 4. The van der Waals surface area contributed by atoms with Crippen molar-refractivity contribution < 1.29 is 44.2 Å². The maximum atomic E-state index is 12.4. The van der Waals surface area contributed by atoms with E-state index < -0.39 is 43.4 Å². The Morgan fingerprint density at radius 1 is 0.683 bits per heavy atom. The Balaban J connectivity index is 2.27. The minimum absolute atomic E-state index is 0.109. The molecule has 0 spiro atoms. The van der Waals surface area contributed by atoms with Crippen molar-refractivity contribution in [1.82, 2.24) is 0 Å². The number of rotatable bonds is 27. The summed E-state index contributed by atoms with van der Waals surface area (Å²) in [7, 11) is 0. The van der Waals surface area contributed by atoms with E-state index in [2.05, 4.69) is 13.8 Å². The van der Waals surface area contributed by atoms with Crippen LogP contribution in [-0.4, -0.2) is 89.6 Å². The van der Waals surface area contributed by atoms with Crippen LogP contribution in [0.25, 0.3) is 0 Å². The number of ether oxygens (including phenoxy) is 4. The molecule has 1 aliphatic rings. The summed E-state index contributed by atoms with van der Waals surface area (Å²) in [4.78, 5) is 12.4. The summed E-state index contributed by atoms with van der Waals surface area (Å²) in [5.74, 6) is -0.330. The fourth-order valence-electron chi connectivity index (χ4n) is 5.08. The van der Waals surface area contributed by atoms with Crippen LogP contribution in [0, 0.1) is 0 Å². The molecule has 1 aliphatic heterocycles. The highest BCUT2D eigenvalue weighted by Gasteiger charge is 2.44. The van der Waals surface area contributed by atoms with Gasteiger partial charge in [0, 0.05) is 13.0 Å². The second-order valence-corrected chi connectivity index (χ2v) is 11.6. The molecule has 1 fully saturated rings. The van der Waals surface area contributed by atoms with Gasteiger partial charge in [0.05, 0.1) is 19.8 Å². The highest BCUT2D eigenvalue weighted by atomic mass is 16.7. The average molecular weight is 591 g/mol. The molecule has 6 unspecified atom stereocenters. The van der Waals surface area contributed by atoms with Crippen LogP contribution in [0.1, 0.15) is 136 Å². The zero-order valence-corrected chi connectivity index (χ0v) is 26.1. The maximum absolute atomic E-state index is 12.4. The van der Waals surface area contributed by atoms with E-state index in [0.717, 1.165) is 38.5 Å². The van der Waals surface area contributed by atoms with Gasteiger partial charge in [-0.3, -0.25) is 4.79 Å². The van der Waals surface area contributed by atoms with Crippen molar-refractivity contribution in [2.45, 2.75) is 173 Å². The number of carbonyl (C=O) groups excluding carboxylic acids is 1. The lowest BCUT2D eigenvalue weighted by atomic mass is 9.99. The van der Waals surface area contributed by atoms with Gasteiger partial charge in [-0.15, -0.1) is 0 Å². The molecule has 0 aromatic heterocycles. The first-order valence-corrected chi connectivity index (χ1v) is 16.6. The number of unbranched alkanes of at least 4 members (excludes halogenated alkanes) is 16. The van der Waals surface area contributed by atoms with Crippen LogP contribution in [0.4, 0.5) is 0 Å². The second-order valence-electron chi connectivity index (χ2n) is 11.6. The van der Waals surface area contributed by atoms with Crippen LogP contribution < -0.4 is 0 Å². The quantitative estimate of drug-likeness (QED) is 0.0754. The van der Waals surface area contributed by atoms with Gasteiger partial charge >= 0.3 is 5.97 Å². The molecule has 0 radical (unpaired) electrons. The SMILES string of the molecule is CCCCCCCCCCCCCCCCOCC(COC1OC(CO)C(O)C(O)C1O)OC(=O)CCCCCC. The van der Waals surface area contributed by atoms with Gasteiger partial charge in [0.1, 0.15) is 30.5 Å². The lowest BCUT2D eigenvalue weighted by Crippen LogP contribution is -2.59. The van der Waals surface area contributed by atoms with Crippen LogP contribution in [0.2, 0.25) is 0 Å². The van der Waals surface area contributed by atoms with E-state index in [-0.39, 0.29) is 19.2 Å². The highest BCUT2D eigenvalue weighted by molar-refractivity contribution is 5.69. The first kappa shape index (κ1) is 38.2. The van der Waals surface area contributed by atoms with Crippen LogP contribution in [-0.2, 0) is 23.7 Å². The van der Waals surface area contributed by atoms with E-state index in [9.17, 15) is 25.2 Å². The Labute approximate surface area is 249 Å². The number of esters is 1. The Morgan fingerprint density at radius 3 is 1.73 bits per heavy atom. The minimum Gasteiger partial charge on any atom is -0.457 e. The molecule has 0 aromatic carbocycles.